The number of carbonyl (C=O) groups is 2. The van der Waals surface area contributed by atoms with E-state index < -0.39 is 11.4 Å². The van der Waals surface area contributed by atoms with Gasteiger partial charge in [0.05, 0.1) is 17.4 Å². The summed E-state index contributed by atoms with van der Waals surface area (Å²) < 4.78 is 1.73. The molecule has 0 aliphatic heterocycles. The van der Waals surface area contributed by atoms with Gasteiger partial charge in [0, 0.05) is 18.0 Å². The van der Waals surface area contributed by atoms with Crippen LogP contribution in [0.5, 0.6) is 0 Å². The molecule has 2 N–H and O–H groups in total. The van der Waals surface area contributed by atoms with Gasteiger partial charge in [0.15, 0.2) is 0 Å². The Morgan fingerprint density at radius 1 is 1.19 bits per heavy atom. The third kappa shape index (κ3) is 2.95. The summed E-state index contributed by atoms with van der Waals surface area (Å²) in [6.45, 7) is 3.19. The second-order valence-corrected chi connectivity index (χ2v) is 5.74. The number of carbonyl (C=O) groups excluding carboxylic acids is 1. The molecule has 0 spiro atoms. The van der Waals surface area contributed by atoms with Gasteiger partial charge in [-0.05, 0) is 30.7 Å². The number of pyridine rings is 2. The molecule has 2 aromatic heterocycles. The van der Waals surface area contributed by atoms with Crippen LogP contribution in [0.4, 0.5) is 5.82 Å². The third-order valence-electron chi connectivity index (χ3n) is 4.03. The summed E-state index contributed by atoms with van der Waals surface area (Å²) in [7, 11) is 0. The summed E-state index contributed by atoms with van der Waals surface area (Å²) in [5, 5.41) is 12.5. The first-order valence-corrected chi connectivity index (χ1v) is 8.08. The van der Waals surface area contributed by atoms with E-state index >= 15 is 0 Å². The van der Waals surface area contributed by atoms with E-state index in [-0.39, 0.29) is 11.5 Å². The minimum atomic E-state index is -1.26. The zero-order valence-corrected chi connectivity index (χ0v) is 14.3. The van der Waals surface area contributed by atoms with Crippen LogP contribution < -0.4 is 10.7 Å². The Labute approximate surface area is 148 Å². The van der Waals surface area contributed by atoms with Gasteiger partial charge in [0.25, 0.3) is 0 Å². The summed E-state index contributed by atoms with van der Waals surface area (Å²) in [6, 6.07) is 10.2. The summed E-state index contributed by atoms with van der Waals surface area (Å²) >= 11 is 0. The van der Waals surface area contributed by atoms with Crippen molar-refractivity contribution in [1.29, 1.82) is 0 Å². The number of anilines is 1. The van der Waals surface area contributed by atoms with Crippen molar-refractivity contribution in [3.63, 3.8) is 0 Å². The first-order chi connectivity index (χ1) is 12.4. The molecule has 0 aliphatic rings. The van der Waals surface area contributed by atoms with Gasteiger partial charge in [-0.15, -0.1) is 0 Å². The molecular weight excluding hydrogens is 334 g/mol. The number of aromatic carboxylic acids is 1. The Bertz CT molecular complexity index is 1070. The first kappa shape index (κ1) is 17.3. The predicted molar refractivity (Wildman–Crippen MR) is 98.0 cm³/mol. The number of benzene rings is 1. The first-order valence-electron chi connectivity index (χ1n) is 8.08. The third-order valence-corrected chi connectivity index (χ3v) is 4.03. The fourth-order valence-corrected chi connectivity index (χ4v) is 3.01. The number of fused-ring (bicyclic) bond motifs is 1. The van der Waals surface area contributed by atoms with Crippen molar-refractivity contribution >= 4 is 28.6 Å². The average Bonchev–Trinajstić information content (AvgIpc) is 2.61. The van der Waals surface area contributed by atoms with E-state index in [4.69, 9.17) is 0 Å². The standard InChI is InChI=1S/C19H17N3O4/c1-3-14-17(19(25)26)18(24)13-6-4-5-7-15(13)22(14)12-8-9-16(20-10-12)21-11(2)23/h4-10H,3H2,1-2H3,(H,25,26)(H,20,21,23). The molecule has 7 nitrogen and oxygen atoms in total. The van der Waals surface area contributed by atoms with Crippen LogP contribution in [0, 0.1) is 0 Å². The maximum absolute atomic E-state index is 12.7. The molecule has 3 aromatic rings. The van der Waals surface area contributed by atoms with Gasteiger partial charge in [-0.25, -0.2) is 9.78 Å². The number of hydrogen-bond acceptors (Lipinski definition) is 4. The summed E-state index contributed by atoms with van der Waals surface area (Å²) in [6.07, 6.45) is 1.89. The van der Waals surface area contributed by atoms with E-state index in [0.29, 0.717) is 34.5 Å². The van der Waals surface area contributed by atoms with Crippen LogP contribution in [-0.4, -0.2) is 26.5 Å². The molecule has 0 unspecified atom stereocenters. The van der Waals surface area contributed by atoms with Crippen LogP contribution in [0.15, 0.2) is 47.4 Å². The highest BCUT2D eigenvalue weighted by Crippen LogP contribution is 2.22. The number of rotatable bonds is 4. The molecule has 1 aromatic carbocycles. The topological polar surface area (TPSA) is 101 Å². The molecule has 0 saturated carbocycles. The van der Waals surface area contributed by atoms with Gasteiger partial charge in [-0.3, -0.25) is 9.59 Å². The van der Waals surface area contributed by atoms with Crippen LogP contribution >= 0.6 is 0 Å². The number of amides is 1. The Kier molecular flexibility index (Phi) is 4.53. The minimum absolute atomic E-state index is 0.235. The van der Waals surface area contributed by atoms with E-state index in [0.717, 1.165) is 0 Å². The number of nitrogens with one attached hydrogen (secondary N) is 1. The average molecular weight is 351 g/mol. The minimum Gasteiger partial charge on any atom is -0.477 e. The summed E-state index contributed by atoms with van der Waals surface area (Å²) in [4.78, 5) is 39.7. The SMILES string of the molecule is CCc1c(C(=O)O)c(=O)c2ccccc2n1-c1ccc(NC(C)=O)nc1. The van der Waals surface area contributed by atoms with Gasteiger partial charge in [-0.1, -0.05) is 19.1 Å². The molecule has 0 radical (unpaired) electrons. The van der Waals surface area contributed by atoms with E-state index in [9.17, 15) is 19.5 Å². The van der Waals surface area contributed by atoms with Crippen LogP contribution in [0.25, 0.3) is 16.6 Å². The largest absolute Gasteiger partial charge is 0.477 e. The molecule has 132 valence electrons. The quantitative estimate of drug-likeness (QED) is 0.752. The van der Waals surface area contributed by atoms with Gasteiger partial charge in [0.1, 0.15) is 11.4 Å². The van der Waals surface area contributed by atoms with Gasteiger partial charge in [-0.2, -0.15) is 0 Å². The number of carboxylic acids is 1. The fraction of sp³-hybridized carbons (Fsp3) is 0.158. The van der Waals surface area contributed by atoms with Crippen LogP contribution in [-0.2, 0) is 11.2 Å². The predicted octanol–water partition coefficient (Wildman–Crippen LogP) is 2.60. The number of nitrogens with zero attached hydrogens (tertiary/aromatic N) is 2. The molecule has 0 aliphatic carbocycles. The van der Waals surface area contributed by atoms with Gasteiger partial charge < -0.3 is 15.0 Å². The fourth-order valence-electron chi connectivity index (χ4n) is 3.01. The Morgan fingerprint density at radius 2 is 1.92 bits per heavy atom. The molecule has 0 saturated heterocycles. The highest BCUT2D eigenvalue weighted by Gasteiger charge is 2.21. The lowest BCUT2D eigenvalue weighted by atomic mass is 10.0. The Hall–Kier alpha value is -3.48. The van der Waals surface area contributed by atoms with Crippen molar-refractivity contribution in [3.05, 3.63) is 64.1 Å². The molecule has 26 heavy (non-hydrogen) atoms. The smallest absolute Gasteiger partial charge is 0.341 e. The molecular formula is C19H17N3O4. The van der Waals surface area contributed by atoms with Crippen molar-refractivity contribution in [3.8, 4) is 5.69 Å². The highest BCUT2D eigenvalue weighted by molar-refractivity contribution is 5.95. The van der Waals surface area contributed by atoms with Gasteiger partial charge in [0.2, 0.25) is 11.3 Å². The second-order valence-electron chi connectivity index (χ2n) is 5.74. The van der Waals surface area contributed by atoms with E-state index in [2.05, 4.69) is 10.3 Å². The normalized spacial score (nSPS) is 10.7. The van der Waals surface area contributed by atoms with Crippen LogP contribution in [0.3, 0.4) is 0 Å². The zero-order valence-electron chi connectivity index (χ0n) is 14.3. The van der Waals surface area contributed by atoms with E-state index in [1.165, 1.54) is 13.1 Å². The highest BCUT2D eigenvalue weighted by atomic mass is 16.4. The maximum atomic E-state index is 12.7. The Balaban J connectivity index is 2.34. The van der Waals surface area contributed by atoms with Crippen LogP contribution in [0.1, 0.15) is 29.9 Å². The van der Waals surface area contributed by atoms with E-state index in [1.807, 2.05) is 0 Å². The lowest BCUT2D eigenvalue weighted by Crippen LogP contribution is -2.23. The van der Waals surface area contributed by atoms with E-state index in [1.54, 1.807) is 47.9 Å². The maximum Gasteiger partial charge on any atom is 0.341 e. The molecule has 0 atom stereocenters. The summed E-state index contributed by atoms with van der Waals surface area (Å²) in [5.74, 6) is -1.10. The van der Waals surface area contributed by atoms with Crippen LogP contribution in [0.2, 0.25) is 0 Å². The lowest BCUT2D eigenvalue weighted by Gasteiger charge is -2.18. The molecule has 0 bridgehead atoms. The number of hydrogen-bond donors (Lipinski definition) is 2. The van der Waals surface area contributed by atoms with Crippen molar-refractivity contribution in [1.82, 2.24) is 9.55 Å². The number of para-hydroxylation sites is 1. The van der Waals surface area contributed by atoms with Gasteiger partial charge >= 0.3 is 5.97 Å². The monoisotopic (exact) mass is 351 g/mol. The molecule has 7 heteroatoms. The number of carboxylic acid groups (broad SMARTS) is 1. The van der Waals surface area contributed by atoms with Crippen molar-refractivity contribution in [2.45, 2.75) is 20.3 Å². The molecule has 3 rings (SSSR count). The zero-order chi connectivity index (χ0) is 18.8. The van der Waals surface area contributed by atoms with Crippen molar-refractivity contribution in [2.24, 2.45) is 0 Å². The molecule has 2 heterocycles. The lowest BCUT2D eigenvalue weighted by molar-refractivity contribution is -0.114. The van der Waals surface area contributed by atoms with Crippen molar-refractivity contribution in [2.75, 3.05) is 5.32 Å². The Morgan fingerprint density at radius 3 is 2.50 bits per heavy atom. The number of aromatic nitrogens is 2. The molecule has 0 fully saturated rings. The van der Waals surface area contributed by atoms with Crippen molar-refractivity contribution < 1.29 is 14.7 Å². The second kappa shape index (κ2) is 6.79. The molecule has 1 amide bonds. The summed E-state index contributed by atoms with van der Waals surface area (Å²) in [5.41, 5.74) is 0.875.